The zero-order chi connectivity index (χ0) is 30.9. The van der Waals surface area contributed by atoms with Crippen molar-refractivity contribution in [3.63, 3.8) is 0 Å². The number of rotatable bonds is 17. The molecule has 1 atom stereocenters. The lowest BCUT2D eigenvalue weighted by molar-refractivity contribution is 0.148. The van der Waals surface area contributed by atoms with Crippen LogP contribution in [0.2, 0.25) is 0 Å². The van der Waals surface area contributed by atoms with Gasteiger partial charge >= 0.3 is 0 Å². The molecule has 0 amide bonds. The molecule has 0 bridgehead atoms. The van der Waals surface area contributed by atoms with Crippen LogP contribution in [0.3, 0.4) is 0 Å². The molecular formula is C34H75N7. The first kappa shape index (κ1) is 40.3. The summed E-state index contributed by atoms with van der Waals surface area (Å²) in [6, 6.07) is 0.700. The smallest absolute Gasteiger partial charge is 0.0300 e. The summed E-state index contributed by atoms with van der Waals surface area (Å²) in [7, 11) is 2.26. The van der Waals surface area contributed by atoms with Gasteiger partial charge in [0.15, 0.2) is 0 Å². The van der Waals surface area contributed by atoms with Gasteiger partial charge in [0, 0.05) is 84.6 Å². The molecule has 7 nitrogen and oxygen atoms in total. The molecule has 1 heterocycles. The highest BCUT2D eigenvalue weighted by molar-refractivity contribution is 4.81. The minimum Gasteiger partial charge on any atom is -0.375 e. The van der Waals surface area contributed by atoms with Gasteiger partial charge in [-0.15, -0.1) is 0 Å². The van der Waals surface area contributed by atoms with Crippen LogP contribution in [0.4, 0.5) is 0 Å². The Labute approximate surface area is 258 Å². The topological polar surface area (TPSA) is 22.7 Å². The molecule has 1 saturated heterocycles. The van der Waals surface area contributed by atoms with Gasteiger partial charge in [-0.25, -0.2) is 0 Å². The Kier molecular flexibility index (Phi) is 26.4. The lowest BCUT2D eigenvalue weighted by Gasteiger charge is -2.32. The normalized spacial score (nSPS) is 18.1. The zero-order valence-corrected chi connectivity index (χ0v) is 29.7. The molecule has 1 fully saturated rings. The molecule has 7 heteroatoms. The van der Waals surface area contributed by atoms with Crippen molar-refractivity contribution in [2.24, 2.45) is 0 Å². The van der Waals surface area contributed by atoms with Crippen LogP contribution in [0.1, 0.15) is 81.6 Å². The van der Waals surface area contributed by atoms with Crippen molar-refractivity contribution in [1.82, 2.24) is 34.3 Å². The van der Waals surface area contributed by atoms with Crippen LogP contribution in [0.25, 0.3) is 0 Å². The molecule has 0 spiro atoms. The Hall–Kier alpha value is -0.700. The van der Waals surface area contributed by atoms with Crippen molar-refractivity contribution in [1.29, 1.82) is 0 Å². The molecule has 41 heavy (non-hydrogen) atoms. The standard InChI is InChI=1S/C18H38N4.C16H37N3/c1-5-8-20-13-11-19(4)12-14-21(9-6-2)16-18-22(10-7-3)17-15-20;1-7-16(6)19(14-12-17(8-2)9-3)15-13-18(10-4)11-5/h5,8H,6-7,9-18H2,1-4H3;16H,7-15H2,1-6H3/b8-5-;. The summed E-state index contributed by atoms with van der Waals surface area (Å²) in [5.74, 6) is 0. The number of hydrogen-bond donors (Lipinski definition) is 0. The van der Waals surface area contributed by atoms with Gasteiger partial charge in [0.1, 0.15) is 0 Å². The van der Waals surface area contributed by atoms with E-state index >= 15 is 0 Å². The Morgan fingerprint density at radius 3 is 1.44 bits per heavy atom. The number of hydrogen-bond acceptors (Lipinski definition) is 7. The van der Waals surface area contributed by atoms with Gasteiger partial charge in [-0.3, -0.25) is 4.90 Å². The highest BCUT2D eigenvalue weighted by atomic mass is 15.3. The van der Waals surface area contributed by atoms with Crippen LogP contribution in [0.5, 0.6) is 0 Å². The van der Waals surface area contributed by atoms with Gasteiger partial charge < -0.3 is 29.4 Å². The van der Waals surface area contributed by atoms with Gasteiger partial charge in [0.25, 0.3) is 0 Å². The Balaban J connectivity index is 0.000000790. The summed E-state index contributed by atoms with van der Waals surface area (Å²) < 4.78 is 0. The van der Waals surface area contributed by atoms with Gasteiger partial charge in [-0.05, 0) is 85.6 Å². The minimum atomic E-state index is 0.700. The zero-order valence-electron chi connectivity index (χ0n) is 29.7. The summed E-state index contributed by atoms with van der Waals surface area (Å²) in [6.45, 7) is 41.8. The summed E-state index contributed by atoms with van der Waals surface area (Å²) >= 11 is 0. The first-order valence-electron chi connectivity index (χ1n) is 17.5. The Bertz CT molecular complexity index is 563. The third-order valence-corrected chi connectivity index (χ3v) is 8.85. The predicted octanol–water partition coefficient (Wildman–Crippen LogP) is 4.96. The van der Waals surface area contributed by atoms with Crippen LogP contribution in [0, 0.1) is 0 Å². The molecular weight excluding hydrogens is 506 g/mol. The van der Waals surface area contributed by atoms with E-state index in [1.54, 1.807) is 0 Å². The molecule has 1 unspecified atom stereocenters. The fourth-order valence-corrected chi connectivity index (χ4v) is 5.48. The van der Waals surface area contributed by atoms with Crippen LogP contribution in [-0.4, -0.2) is 165 Å². The molecule has 0 aromatic carbocycles. The second kappa shape index (κ2) is 26.9. The fourth-order valence-electron chi connectivity index (χ4n) is 5.48. The van der Waals surface area contributed by atoms with Crippen molar-refractivity contribution >= 4 is 0 Å². The second-order valence-electron chi connectivity index (χ2n) is 11.9. The third-order valence-electron chi connectivity index (χ3n) is 8.85. The van der Waals surface area contributed by atoms with E-state index < -0.39 is 0 Å². The van der Waals surface area contributed by atoms with Crippen molar-refractivity contribution in [2.45, 2.75) is 87.6 Å². The first-order valence-corrected chi connectivity index (χ1v) is 17.5. The predicted molar refractivity (Wildman–Crippen MR) is 184 cm³/mol. The van der Waals surface area contributed by atoms with Gasteiger partial charge in [-0.2, -0.15) is 0 Å². The Morgan fingerprint density at radius 1 is 0.610 bits per heavy atom. The molecule has 1 rings (SSSR count). The van der Waals surface area contributed by atoms with Crippen molar-refractivity contribution in [3.8, 4) is 0 Å². The maximum absolute atomic E-state index is 2.66. The van der Waals surface area contributed by atoms with E-state index in [0.29, 0.717) is 6.04 Å². The van der Waals surface area contributed by atoms with Crippen LogP contribution in [-0.2, 0) is 0 Å². The summed E-state index contributed by atoms with van der Waals surface area (Å²) in [4.78, 5) is 17.9. The minimum absolute atomic E-state index is 0.700. The molecule has 0 aliphatic carbocycles. The van der Waals surface area contributed by atoms with E-state index in [4.69, 9.17) is 0 Å². The van der Waals surface area contributed by atoms with E-state index in [9.17, 15) is 0 Å². The second-order valence-corrected chi connectivity index (χ2v) is 11.9. The van der Waals surface area contributed by atoms with E-state index in [1.807, 2.05) is 0 Å². The largest absolute Gasteiger partial charge is 0.375 e. The Morgan fingerprint density at radius 2 is 1.02 bits per heavy atom. The summed E-state index contributed by atoms with van der Waals surface area (Å²) in [6.07, 6.45) is 8.18. The maximum Gasteiger partial charge on any atom is 0.0300 e. The number of allylic oxidation sites excluding steroid dienone is 1. The number of likely N-dealkylation sites (N-methyl/N-ethyl adjacent to an activating group) is 3. The van der Waals surface area contributed by atoms with E-state index in [2.05, 4.69) is 116 Å². The monoisotopic (exact) mass is 582 g/mol. The third kappa shape index (κ3) is 20.0. The van der Waals surface area contributed by atoms with Gasteiger partial charge in [0.2, 0.25) is 0 Å². The molecule has 0 aromatic rings. The van der Waals surface area contributed by atoms with E-state index in [1.165, 1.54) is 117 Å². The molecule has 1 aliphatic rings. The van der Waals surface area contributed by atoms with Gasteiger partial charge in [0.05, 0.1) is 0 Å². The molecule has 0 aromatic heterocycles. The van der Waals surface area contributed by atoms with E-state index in [0.717, 1.165) is 19.6 Å². The first-order chi connectivity index (χ1) is 19.8. The highest BCUT2D eigenvalue weighted by Crippen LogP contribution is 2.05. The lowest BCUT2D eigenvalue weighted by Crippen LogP contribution is -2.44. The molecule has 1 aliphatic heterocycles. The van der Waals surface area contributed by atoms with Gasteiger partial charge in [-0.1, -0.05) is 54.5 Å². The lowest BCUT2D eigenvalue weighted by atomic mass is 10.2. The molecule has 0 radical (unpaired) electrons. The summed E-state index contributed by atoms with van der Waals surface area (Å²) in [5, 5.41) is 0. The van der Waals surface area contributed by atoms with Crippen LogP contribution in [0.15, 0.2) is 12.3 Å². The van der Waals surface area contributed by atoms with Crippen LogP contribution >= 0.6 is 0 Å². The van der Waals surface area contributed by atoms with Crippen molar-refractivity contribution in [2.75, 3.05) is 125 Å². The SMILES string of the molecule is C/C=C\N1CCN(C)CCN(CCC)CCN(CCC)CC1.CCC(C)N(CCN(CC)CC)CCN(CC)CC. The fraction of sp³-hybridized carbons (Fsp3) is 0.941. The summed E-state index contributed by atoms with van der Waals surface area (Å²) in [5.41, 5.74) is 0. The maximum atomic E-state index is 2.66. The van der Waals surface area contributed by atoms with E-state index in [-0.39, 0.29) is 0 Å². The highest BCUT2D eigenvalue weighted by Gasteiger charge is 2.15. The molecule has 0 saturated carbocycles. The number of nitrogens with zero attached hydrogens (tertiary/aromatic N) is 7. The van der Waals surface area contributed by atoms with Crippen molar-refractivity contribution in [3.05, 3.63) is 12.3 Å². The van der Waals surface area contributed by atoms with Crippen LogP contribution < -0.4 is 0 Å². The quantitative estimate of drug-likeness (QED) is 0.239. The molecule has 0 N–H and O–H groups in total. The molecule has 246 valence electrons. The van der Waals surface area contributed by atoms with Crippen molar-refractivity contribution < 1.29 is 0 Å². The average Bonchev–Trinajstić information content (AvgIpc) is 2.98. The average molecular weight is 582 g/mol.